The zero-order valence-corrected chi connectivity index (χ0v) is 16.6. The summed E-state index contributed by atoms with van der Waals surface area (Å²) in [7, 11) is 0. The van der Waals surface area contributed by atoms with Gasteiger partial charge in [0.25, 0.3) is 0 Å². The lowest BCUT2D eigenvalue weighted by molar-refractivity contribution is -0.0241. The lowest BCUT2D eigenvalue weighted by Gasteiger charge is -2.36. The average molecular weight is 393 g/mol. The molecule has 1 aliphatic carbocycles. The van der Waals surface area contributed by atoms with Crippen LogP contribution < -0.4 is 5.32 Å². The van der Waals surface area contributed by atoms with E-state index in [4.69, 9.17) is 16.3 Å². The number of fused-ring (bicyclic) bond motifs is 1. The smallest absolute Gasteiger partial charge is 0.133 e. The van der Waals surface area contributed by atoms with Gasteiger partial charge in [-0.1, -0.05) is 31.4 Å². The molecule has 0 aromatic carbocycles. The van der Waals surface area contributed by atoms with Crippen molar-refractivity contribution in [3.63, 3.8) is 0 Å². The van der Waals surface area contributed by atoms with Crippen molar-refractivity contribution in [3.05, 3.63) is 40.7 Å². The number of aliphatic hydroxyl groups excluding tert-OH is 1. The summed E-state index contributed by atoms with van der Waals surface area (Å²) in [5.74, 6) is 0.821. The number of aromatic nitrogens is 1. The molecule has 0 bridgehead atoms. The second kappa shape index (κ2) is 7.72. The van der Waals surface area contributed by atoms with Gasteiger partial charge in [0.05, 0.1) is 22.7 Å². The van der Waals surface area contributed by atoms with Crippen molar-refractivity contribution in [1.82, 2.24) is 9.72 Å². The number of pyridine rings is 1. The summed E-state index contributed by atoms with van der Waals surface area (Å²) in [6.07, 6.45) is 5.82. The lowest BCUT2D eigenvalue weighted by atomic mass is 9.79. The molecule has 2 aliphatic rings. The molecule has 2 aromatic rings. The van der Waals surface area contributed by atoms with E-state index < -0.39 is 11.8 Å². The van der Waals surface area contributed by atoms with E-state index in [1.54, 1.807) is 0 Å². The molecule has 5 nitrogen and oxygen atoms in total. The number of hydrogen-bond acceptors (Lipinski definition) is 4. The second-order valence-corrected chi connectivity index (χ2v) is 8.78. The molecule has 6 heteroatoms. The van der Waals surface area contributed by atoms with Crippen molar-refractivity contribution in [2.24, 2.45) is 5.92 Å². The van der Waals surface area contributed by atoms with Gasteiger partial charge < -0.3 is 19.4 Å². The van der Waals surface area contributed by atoms with Crippen LogP contribution in [0.2, 0.25) is 5.02 Å². The highest BCUT2D eigenvalue weighted by Gasteiger charge is 2.33. The third-order valence-electron chi connectivity index (χ3n) is 6.13. The van der Waals surface area contributed by atoms with Crippen molar-refractivity contribution in [2.75, 3.05) is 19.8 Å². The van der Waals surface area contributed by atoms with Gasteiger partial charge in [0.15, 0.2) is 0 Å². The first-order valence-electron chi connectivity index (χ1n) is 9.98. The number of hydrogen-bond donors (Lipinski definition) is 3. The van der Waals surface area contributed by atoms with Gasteiger partial charge >= 0.3 is 0 Å². The van der Waals surface area contributed by atoms with E-state index in [2.05, 4.69) is 16.6 Å². The van der Waals surface area contributed by atoms with Crippen molar-refractivity contribution < 1.29 is 14.9 Å². The van der Waals surface area contributed by atoms with E-state index in [-0.39, 0.29) is 0 Å². The van der Waals surface area contributed by atoms with Crippen LogP contribution in [0.15, 0.2) is 24.4 Å². The Morgan fingerprint density at radius 2 is 2.30 bits per heavy atom. The Hall–Kier alpha value is -1.11. The quantitative estimate of drug-likeness (QED) is 0.680. The zero-order chi connectivity index (χ0) is 19.0. The van der Waals surface area contributed by atoms with Gasteiger partial charge in [-0.3, -0.25) is 5.32 Å². The van der Waals surface area contributed by atoms with Crippen LogP contribution in [0, 0.1) is 5.92 Å². The maximum absolute atomic E-state index is 10.9. The largest absolute Gasteiger partial charge is 0.389 e. The summed E-state index contributed by atoms with van der Waals surface area (Å²) in [5.41, 5.74) is 1.95. The van der Waals surface area contributed by atoms with Gasteiger partial charge in [0, 0.05) is 36.5 Å². The summed E-state index contributed by atoms with van der Waals surface area (Å²) in [6.45, 7) is 4.01. The number of aliphatic hydroxyl groups is 2. The fraction of sp³-hybridized carbons (Fsp3) is 0.619. The third-order valence-corrected chi connectivity index (χ3v) is 6.44. The van der Waals surface area contributed by atoms with E-state index in [1.165, 1.54) is 0 Å². The molecule has 1 saturated heterocycles. The standard InChI is InChI=1S/C21H29ClN2O3/c1-14-4-2-7-21(26,11-14)13-23-20(25)16-10-18(15-6-9-27-12-15)24-8-3-5-17(22)19(16)24/h3,5,8,10,14-15,20,23,25-26H,2,4,6-7,9,11-13H2,1H3/t14-,15?,20?,21-/m1/s1. The zero-order valence-electron chi connectivity index (χ0n) is 15.8. The molecule has 4 atom stereocenters. The molecule has 0 radical (unpaired) electrons. The Morgan fingerprint density at radius 1 is 1.44 bits per heavy atom. The SMILES string of the molecule is C[C@@H]1CCC[C@](O)(CNC(O)c2cc(C3CCOC3)n3cccc(Cl)c23)C1. The maximum Gasteiger partial charge on any atom is 0.133 e. The number of rotatable bonds is 5. The molecule has 2 unspecified atom stereocenters. The van der Waals surface area contributed by atoms with Crippen molar-refractivity contribution in [2.45, 2.75) is 56.8 Å². The molecule has 1 aliphatic heterocycles. The Bertz CT molecular complexity index is 802. The first-order chi connectivity index (χ1) is 13.0. The highest BCUT2D eigenvalue weighted by molar-refractivity contribution is 6.34. The summed E-state index contributed by atoms with van der Waals surface area (Å²) in [5, 5.41) is 25.5. The highest BCUT2D eigenvalue weighted by Crippen LogP contribution is 2.35. The molecule has 3 N–H and O–H groups in total. The molecular weight excluding hydrogens is 364 g/mol. The van der Waals surface area contributed by atoms with Crippen LogP contribution in [0.4, 0.5) is 0 Å². The van der Waals surface area contributed by atoms with Crippen molar-refractivity contribution >= 4 is 17.1 Å². The fourth-order valence-corrected chi connectivity index (χ4v) is 5.02. The molecular formula is C21H29ClN2O3. The summed E-state index contributed by atoms with van der Waals surface area (Å²) >= 11 is 6.48. The molecule has 0 spiro atoms. The fourth-order valence-electron chi connectivity index (χ4n) is 4.75. The van der Waals surface area contributed by atoms with E-state index in [0.29, 0.717) is 30.0 Å². The molecule has 148 valence electrons. The predicted molar refractivity (Wildman–Crippen MR) is 106 cm³/mol. The summed E-state index contributed by atoms with van der Waals surface area (Å²) in [6, 6.07) is 5.80. The number of halogens is 1. The molecule has 2 fully saturated rings. The Morgan fingerprint density at radius 3 is 3.04 bits per heavy atom. The van der Waals surface area contributed by atoms with Gasteiger partial charge in [-0.05, 0) is 43.4 Å². The highest BCUT2D eigenvalue weighted by atomic mass is 35.5. The van der Waals surface area contributed by atoms with Gasteiger partial charge in [0.1, 0.15) is 6.23 Å². The molecule has 0 amide bonds. The predicted octanol–water partition coefficient (Wildman–Crippen LogP) is 3.62. The van der Waals surface area contributed by atoms with Gasteiger partial charge in [-0.25, -0.2) is 0 Å². The molecule has 27 heavy (non-hydrogen) atoms. The summed E-state index contributed by atoms with van der Waals surface area (Å²) < 4.78 is 7.62. The second-order valence-electron chi connectivity index (χ2n) is 8.37. The van der Waals surface area contributed by atoms with Crippen LogP contribution in [0.1, 0.15) is 62.4 Å². The van der Waals surface area contributed by atoms with Gasteiger partial charge in [-0.2, -0.15) is 0 Å². The molecule has 1 saturated carbocycles. The molecule has 3 heterocycles. The van der Waals surface area contributed by atoms with E-state index >= 15 is 0 Å². The Balaban J connectivity index is 1.59. The topological polar surface area (TPSA) is 66.1 Å². The summed E-state index contributed by atoms with van der Waals surface area (Å²) in [4.78, 5) is 0. The minimum absolute atomic E-state index is 0.306. The lowest BCUT2D eigenvalue weighted by Crippen LogP contribution is -2.45. The number of nitrogens with one attached hydrogen (secondary N) is 1. The monoisotopic (exact) mass is 392 g/mol. The van der Waals surface area contributed by atoms with Crippen LogP contribution >= 0.6 is 11.6 Å². The maximum atomic E-state index is 10.9. The Kier molecular flexibility index (Phi) is 5.50. The minimum atomic E-state index is -0.878. The van der Waals surface area contributed by atoms with Gasteiger partial charge in [-0.15, -0.1) is 0 Å². The van der Waals surface area contributed by atoms with Crippen molar-refractivity contribution in [1.29, 1.82) is 0 Å². The van der Waals surface area contributed by atoms with E-state index in [0.717, 1.165) is 55.5 Å². The van der Waals surface area contributed by atoms with Crippen LogP contribution in [0.25, 0.3) is 5.52 Å². The first-order valence-corrected chi connectivity index (χ1v) is 10.4. The molecule has 4 rings (SSSR count). The first kappa shape index (κ1) is 19.2. The van der Waals surface area contributed by atoms with Crippen LogP contribution in [0.5, 0.6) is 0 Å². The Labute approximate surface area is 165 Å². The van der Waals surface area contributed by atoms with Crippen LogP contribution in [0.3, 0.4) is 0 Å². The van der Waals surface area contributed by atoms with Crippen molar-refractivity contribution in [3.8, 4) is 0 Å². The van der Waals surface area contributed by atoms with E-state index in [1.807, 2.05) is 24.4 Å². The van der Waals surface area contributed by atoms with E-state index in [9.17, 15) is 10.2 Å². The van der Waals surface area contributed by atoms with Gasteiger partial charge in [0.2, 0.25) is 0 Å². The number of ether oxygens (including phenoxy) is 1. The normalized spacial score (nSPS) is 30.1. The molecule has 2 aromatic heterocycles. The van der Waals surface area contributed by atoms with Crippen LogP contribution in [-0.4, -0.2) is 40.0 Å². The minimum Gasteiger partial charge on any atom is -0.389 e. The van der Waals surface area contributed by atoms with Crippen LogP contribution in [-0.2, 0) is 4.74 Å². The third kappa shape index (κ3) is 3.89. The average Bonchev–Trinajstić information content (AvgIpc) is 3.27. The number of nitrogens with zero attached hydrogens (tertiary/aromatic N) is 1.